The van der Waals surface area contributed by atoms with Gasteiger partial charge in [-0.1, -0.05) is 120 Å². The molecule has 180 valence electrons. The fraction of sp³-hybridized carbons (Fsp3) is 0.0526. The van der Waals surface area contributed by atoms with Crippen LogP contribution in [0.4, 0.5) is 0 Å². The first-order valence-electron chi connectivity index (χ1n) is 13.3. The van der Waals surface area contributed by atoms with Crippen molar-refractivity contribution in [2.45, 2.75) is 13.8 Å². The number of hydrogen-bond acceptors (Lipinski definition) is 0. The number of rotatable bonds is 3. The zero-order chi connectivity index (χ0) is 25.6. The summed E-state index contributed by atoms with van der Waals surface area (Å²) in [6, 6.07) is 49.2. The summed E-state index contributed by atoms with van der Waals surface area (Å²) >= 11 is 0. The van der Waals surface area contributed by atoms with Crippen LogP contribution in [0.25, 0.3) is 65.7 Å². The number of hydrogen-bond donors (Lipinski definition) is 0. The summed E-state index contributed by atoms with van der Waals surface area (Å²) < 4.78 is 0. The molecular formula is C38H28. The molecule has 0 radical (unpaired) electrons. The van der Waals surface area contributed by atoms with E-state index in [1.165, 1.54) is 76.8 Å². The maximum Gasteiger partial charge on any atom is -0.00928 e. The van der Waals surface area contributed by atoms with Crippen molar-refractivity contribution in [1.29, 1.82) is 0 Å². The van der Waals surface area contributed by atoms with E-state index < -0.39 is 0 Å². The van der Waals surface area contributed by atoms with Crippen molar-refractivity contribution in [3.8, 4) is 33.4 Å². The van der Waals surface area contributed by atoms with Gasteiger partial charge in [0.25, 0.3) is 0 Å². The van der Waals surface area contributed by atoms with Gasteiger partial charge in [-0.25, -0.2) is 0 Å². The van der Waals surface area contributed by atoms with Crippen LogP contribution in [0.2, 0.25) is 0 Å². The average molecular weight is 485 g/mol. The Hall–Kier alpha value is -4.68. The largest absolute Gasteiger partial charge is 0.0616 e. The van der Waals surface area contributed by atoms with Gasteiger partial charge in [-0.15, -0.1) is 0 Å². The Kier molecular flexibility index (Phi) is 5.34. The van der Waals surface area contributed by atoms with Crippen LogP contribution in [0.3, 0.4) is 0 Å². The molecule has 0 fully saturated rings. The molecule has 0 aliphatic heterocycles. The molecular weight excluding hydrogens is 456 g/mol. The highest BCUT2D eigenvalue weighted by molar-refractivity contribution is 6.25. The summed E-state index contributed by atoms with van der Waals surface area (Å²) in [5, 5.41) is 7.83. The molecule has 0 unspecified atom stereocenters. The third-order valence-corrected chi connectivity index (χ3v) is 7.71. The highest BCUT2D eigenvalue weighted by Gasteiger charge is 2.12. The molecule has 0 amide bonds. The molecule has 7 aromatic carbocycles. The molecule has 0 saturated carbocycles. The van der Waals surface area contributed by atoms with Crippen molar-refractivity contribution in [2.24, 2.45) is 0 Å². The van der Waals surface area contributed by atoms with Crippen LogP contribution in [0.1, 0.15) is 11.1 Å². The van der Waals surface area contributed by atoms with Crippen molar-refractivity contribution in [2.75, 3.05) is 0 Å². The van der Waals surface area contributed by atoms with E-state index in [0.29, 0.717) is 0 Å². The molecule has 0 aliphatic carbocycles. The summed E-state index contributed by atoms with van der Waals surface area (Å²) in [5.41, 5.74) is 10.00. The molecule has 0 nitrogen and oxygen atoms in total. The minimum atomic E-state index is 1.24. The molecule has 7 aromatic rings. The van der Waals surface area contributed by atoms with E-state index in [2.05, 4.69) is 147 Å². The maximum absolute atomic E-state index is 2.39. The first-order valence-corrected chi connectivity index (χ1v) is 13.3. The fourth-order valence-electron chi connectivity index (χ4n) is 5.86. The molecule has 0 heteroatoms. The van der Waals surface area contributed by atoms with Gasteiger partial charge in [-0.3, -0.25) is 0 Å². The van der Waals surface area contributed by atoms with E-state index in [1.807, 2.05) is 0 Å². The zero-order valence-electron chi connectivity index (χ0n) is 21.7. The Morgan fingerprint density at radius 3 is 1.11 bits per heavy atom. The van der Waals surface area contributed by atoms with Crippen LogP contribution in [-0.4, -0.2) is 0 Å². The summed E-state index contributed by atoms with van der Waals surface area (Å²) in [4.78, 5) is 0. The highest BCUT2D eigenvalue weighted by atomic mass is 14.2. The molecule has 0 aromatic heterocycles. The molecule has 7 rings (SSSR count). The normalized spacial score (nSPS) is 11.4. The van der Waals surface area contributed by atoms with Gasteiger partial charge in [0.05, 0.1) is 0 Å². The third kappa shape index (κ3) is 3.86. The lowest BCUT2D eigenvalue weighted by Gasteiger charge is -2.14. The summed E-state index contributed by atoms with van der Waals surface area (Å²) in [6.45, 7) is 4.32. The van der Waals surface area contributed by atoms with Crippen LogP contribution < -0.4 is 0 Å². The molecule has 0 heterocycles. The lowest BCUT2D eigenvalue weighted by atomic mass is 9.89. The standard InChI is InChI=1S/C38H28/c1-25-9-7-11-27(19-25)30-21-31(28-12-8-10-26(2)20-28)23-32(22-30)29-17-18-37-35-15-4-3-13-33(35)34-14-5-6-16-36(34)38(37)24-29/h3-24H,1-2H3. The number of aryl methyl sites for hydroxylation is 2. The Morgan fingerprint density at radius 1 is 0.263 bits per heavy atom. The smallest absolute Gasteiger partial charge is 0.00928 e. The quantitative estimate of drug-likeness (QED) is 0.219. The van der Waals surface area contributed by atoms with E-state index in [4.69, 9.17) is 0 Å². The second kappa shape index (κ2) is 9.01. The molecule has 0 atom stereocenters. The van der Waals surface area contributed by atoms with Gasteiger partial charge in [0, 0.05) is 0 Å². The monoisotopic (exact) mass is 484 g/mol. The van der Waals surface area contributed by atoms with Crippen LogP contribution >= 0.6 is 0 Å². The fourth-order valence-corrected chi connectivity index (χ4v) is 5.86. The third-order valence-electron chi connectivity index (χ3n) is 7.71. The van der Waals surface area contributed by atoms with E-state index in [1.54, 1.807) is 0 Å². The molecule has 38 heavy (non-hydrogen) atoms. The van der Waals surface area contributed by atoms with Gasteiger partial charge in [0.15, 0.2) is 0 Å². The van der Waals surface area contributed by atoms with Crippen molar-refractivity contribution < 1.29 is 0 Å². The van der Waals surface area contributed by atoms with Crippen LogP contribution in [0, 0.1) is 13.8 Å². The molecule has 0 N–H and O–H groups in total. The van der Waals surface area contributed by atoms with Crippen LogP contribution in [-0.2, 0) is 0 Å². The van der Waals surface area contributed by atoms with Crippen molar-refractivity contribution >= 4 is 32.3 Å². The molecule has 0 saturated heterocycles. The molecule has 0 aliphatic rings. The van der Waals surface area contributed by atoms with Gasteiger partial charge in [0.2, 0.25) is 0 Å². The zero-order valence-corrected chi connectivity index (χ0v) is 21.7. The number of fused-ring (bicyclic) bond motifs is 6. The van der Waals surface area contributed by atoms with Gasteiger partial charge >= 0.3 is 0 Å². The van der Waals surface area contributed by atoms with E-state index in [9.17, 15) is 0 Å². The van der Waals surface area contributed by atoms with Crippen LogP contribution in [0.5, 0.6) is 0 Å². The lowest BCUT2D eigenvalue weighted by Crippen LogP contribution is -1.88. The first-order chi connectivity index (χ1) is 18.6. The van der Waals surface area contributed by atoms with Crippen molar-refractivity contribution in [3.63, 3.8) is 0 Å². The Balaban J connectivity index is 1.50. The van der Waals surface area contributed by atoms with Gasteiger partial charge in [-0.05, 0) is 104 Å². The second-order valence-corrected chi connectivity index (χ2v) is 10.4. The SMILES string of the molecule is Cc1cccc(-c2cc(-c3cccc(C)c3)cc(-c3ccc4c5ccccc5c5ccccc5c4c3)c2)c1. The van der Waals surface area contributed by atoms with Gasteiger partial charge < -0.3 is 0 Å². The predicted molar refractivity (Wildman–Crippen MR) is 165 cm³/mol. The summed E-state index contributed by atoms with van der Waals surface area (Å²) in [6.07, 6.45) is 0. The Labute approximate surface area is 223 Å². The lowest BCUT2D eigenvalue weighted by molar-refractivity contribution is 1.45. The first kappa shape index (κ1) is 22.5. The average Bonchev–Trinajstić information content (AvgIpc) is 2.97. The Bertz CT molecular complexity index is 1890. The van der Waals surface area contributed by atoms with E-state index in [0.717, 1.165) is 0 Å². The maximum atomic E-state index is 2.39. The Morgan fingerprint density at radius 2 is 0.658 bits per heavy atom. The minimum absolute atomic E-state index is 1.24. The highest BCUT2D eigenvalue weighted by Crippen LogP contribution is 2.39. The summed E-state index contributed by atoms with van der Waals surface area (Å²) in [7, 11) is 0. The predicted octanol–water partition coefficient (Wildman–Crippen LogP) is 10.8. The van der Waals surface area contributed by atoms with Gasteiger partial charge in [-0.2, -0.15) is 0 Å². The van der Waals surface area contributed by atoms with Crippen LogP contribution in [0.15, 0.2) is 133 Å². The minimum Gasteiger partial charge on any atom is -0.0616 e. The van der Waals surface area contributed by atoms with Crippen molar-refractivity contribution in [3.05, 3.63) is 145 Å². The topological polar surface area (TPSA) is 0 Å². The van der Waals surface area contributed by atoms with E-state index in [-0.39, 0.29) is 0 Å². The van der Waals surface area contributed by atoms with Gasteiger partial charge in [0.1, 0.15) is 0 Å². The molecule has 0 spiro atoms. The van der Waals surface area contributed by atoms with E-state index >= 15 is 0 Å². The number of benzene rings is 7. The molecule has 0 bridgehead atoms. The van der Waals surface area contributed by atoms with Crippen molar-refractivity contribution in [1.82, 2.24) is 0 Å². The summed E-state index contributed by atoms with van der Waals surface area (Å²) in [5.74, 6) is 0. The second-order valence-electron chi connectivity index (χ2n) is 10.4.